The molecule has 0 aliphatic heterocycles. The van der Waals surface area contributed by atoms with Crippen molar-refractivity contribution in [2.75, 3.05) is 47.5 Å². The van der Waals surface area contributed by atoms with Gasteiger partial charge in [0.05, 0.1) is 27.7 Å². The molecule has 0 aromatic rings. The third-order valence-corrected chi connectivity index (χ3v) is 13.8. The van der Waals surface area contributed by atoms with Gasteiger partial charge in [-0.25, -0.2) is 0 Å². The van der Waals surface area contributed by atoms with Gasteiger partial charge in [-0.3, -0.25) is 14.2 Å². The third kappa shape index (κ3) is 55.3. The van der Waals surface area contributed by atoms with Crippen LogP contribution in [0.25, 0.3) is 0 Å². The van der Waals surface area contributed by atoms with E-state index in [1.807, 2.05) is 21.1 Å². The Morgan fingerprint density at radius 3 is 1.21 bits per heavy atom. The predicted octanol–water partition coefficient (Wildman–Crippen LogP) is 17.5. The molecule has 0 saturated carbocycles. The summed E-state index contributed by atoms with van der Waals surface area (Å²) in [5.41, 5.74) is 0. The number of allylic oxidation sites excluding steroid dienone is 8. The molecule has 0 spiro atoms. The molecular formula is C60H112NO8P. The normalized spacial score (nSPS) is 13.6. The number of ether oxygens (including phenoxy) is 2. The van der Waals surface area contributed by atoms with Crippen LogP contribution in [0, 0.1) is 0 Å². The molecular weight excluding hydrogens is 894 g/mol. The molecule has 0 rings (SSSR count). The fourth-order valence-electron chi connectivity index (χ4n) is 8.36. The number of quaternary nitrogens is 1. The largest absolute Gasteiger partial charge is 0.756 e. The summed E-state index contributed by atoms with van der Waals surface area (Å²) in [6, 6.07) is 0. The second-order valence-electron chi connectivity index (χ2n) is 21.0. The zero-order valence-electron chi connectivity index (χ0n) is 46.5. The molecule has 0 saturated heterocycles. The van der Waals surface area contributed by atoms with Gasteiger partial charge in [0.15, 0.2) is 6.10 Å². The first kappa shape index (κ1) is 68.0. The Labute approximate surface area is 433 Å². The topological polar surface area (TPSA) is 111 Å². The lowest BCUT2D eigenvalue weighted by Crippen LogP contribution is -2.37. The van der Waals surface area contributed by atoms with Gasteiger partial charge in [0, 0.05) is 12.8 Å². The van der Waals surface area contributed by atoms with Crippen LogP contribution in [0.2, 0.25) is 0 Å². The second kappa shape index (κ2) is 51.9. The number of hydrogen-bond donors (Lipinski definition) is 0. The highest BCUT2D eigenvalue weighted by Gasteiger charge is 2.22. The molecule has 2 atom stereocenters. The van der Waals surface area contributed by atoms with Crippen molar-refractivity contribution in [1.29, 1.82) is 0 Å². The van der Waals surface area contributed by atoms with Crippen LogP contribution >= 0.6 is 7.82 Å². The van der Waals surface area contributed by atoms with Gasteiger partial charge in [0.25, 0.3) is 7.82 Å². The van der Waals surface area contributed by atoms with Crippen molar-refractivity contribution in [1.82, 2.24) is 0 Å². The molecule has 0 heterocycles. The highest BCUT2D eigenvalue weighted by molar-refractivity contribution is 7.45. The predicted molar refractivity (Wildman–Crippen MR) is 296 cm³/mol. The van der Waals surface area contributed by atoms with E-state index in [1.165, 1.54) is 167 Å². The SMILES string of the molecule is CC/C=C\C/C=C\C/C=C\C/C=C\CCCCCCCCCCCCC(=O)OC(COC(=O)CCCCCCCCCCCCCCCCCCCCCCCCC)COP(=O)([O-])OCC[N+](C)(C)C. The van der Waals surface area contributed by atoms with Crippen molar-refractivity contribution < 1.29 is 42.1 Å². The van der Waals surface area contributed by atoms with Crippen LogP contribution in [0.15, 0.2) is 48.6 Å². The Kier molecular flexibility index (Phi) is 50.4. The van der Waals surface area contributed by atoms with Crippen molar-refractivity contribution in [3.05, 3.63) is 48.6 Å². The van der Waals surface area contributed by atoms with E-state index < -0.39 is 26.5 Å². The van der Waals surface area contributed by atoms with Gasteiger partial charge in [-0.1, -0.05) is 255 Å². The summed E-state index contributed by atoms with van der Waals surface area (Å²) in [7, 11) is 1.17. The Hall–Kier alpha value is -2.03. The number of phosphoric ester groups is 1. The summed E-state index contributed by atoms with van der Waals surface area (Å²) in [4.78, 5) is 37.9. The van der Waals surface area contributed by atoms with E-state index in [0.717, 1.165) is 70.6 Å². The number of hydrogen-bond acceptors (Lipinski definition) is 8. The molecule has 70 heavy (non-hydrogen) atoms. The molecule has 0 aromatic heterocycles. The fourth-order valence-corrected chi connectivity index (χ4v) is 9.08. The molecule has 0 aliphatic carbocycles. The molecule has 0 fully saturated rings. The number of carbonyl (C=O) groups is 2. The summed E-state index contributed by atoms with van der Waals surface area (Å²) in [5.74, 6) is -0.827. The summed E-state index contributed by atoms with van der Waals surface area (Å²) >= 11 is 0. The number of nitrogens with zero attached hydrogens (tertiary/aromatic N) is 1. The average Bonchev–Trinajstić information content (AvgIpc) is 3.32. The van der Waals surface area contributed by atoms with Crippen molar-refractivity contribution in [3.8, 4) is 0 Å². The van der Waals surface area contributed by atoms with Crippen LogP contribution in [0.4, 0.5) is 0 Å². The second-order valence-corrected chi connectivity index (χ2v) is 22.4. The number of rotatable bonds is 54. The first-order chi connectivity index (χ1) is 34.0. The Morgan fingerprint density at radius 2 is 0.814 bits per heavy atom. The van der Waals surface area contributed by atoms with Crippen LogP contribution in [0.5, 0.6) is 0 Å². The Morgan fingerprint density at radius 1 is 0.457 bits per heavy atom. The van der Waals surface area contributed by atoms with Crippen molar-refractivity contribution in [2.24, 2.45) is 0 Å². The van der Waals surface area contributed by atoms with Crippen molar-refractivity contribution in [3.63, 3.8) is 0 Å². The average molecular weight is 1010 g/mol. The summed E-state index contributed by atoms with van der Waals surface area (Å²) in [6.07, 6.45) is 64.4. The standard InChI is InChI=1S/C60H112NO8P/c1-6-8-10-12-14-16-18-20-22-24-26-28-30-32-34-36-38-40-42-44-46-48-50-52-59(62)66-56-58(57-68-70(64,65)67-55-54-61(3,4)5)69-60(63)53-51-49-47-45-43-41-39-37-35-33-31-29-27-25-23-21-19-17-15-13-11-9-7-2/h9,11,15,17,21,23,27,29,58H,6-8,10,12-14,16,18-20,22,24-26,28,30-57H2,1-5H3/b11-9-,17-15-,23-21-,29-27-. The molecule has 0 amide bonds. The maximum absolute atomic E-state index is 12.8. The minimum atomic E-state index is -4.64. The van der Waals surface area contributed by atoms with Crippen LogP contribution in [0.1, 0.15) is 271 Å². The van der Waals surface area contributed by atoms with Crippen molar-refractivity contribution in [2.45, 2.75) is 277 Å². The molecule has 9 nitrogen and oxygen atoms in total. The zero-order valence-corrected chi connectivity index (χ0v) is 47.4. The molecule has 2 unspecified atom stereocenters. The quantitative estimate of drug-likeness (QED) is 0.0195. The van der Waals surface area contributed by atoms with E-state index >= 15 is 0 Å². The smallest absolute Gasteiger partial charge is 0.306 e. The van der Waals surface area contributed by atoms with Gasteiger partial charge in [-0.05, 0) is 51.4 Å². The summed E-state index contributed by atoms with van der Waals surface area (Å²) < 4.78 is 34.2. The number of phosphoric acid groups is 1. The highest BCUT2D eigenvalue weighted by Crippen LogP contribution is 2.38. The molecule has 410 valence electrons. The van der Waals surface area contributed by atoms with E-state index in [0.29, 0.717) is 17.4 Å². The third-order valence-electron chi connectivity index (χ3n) is 12.9. The summed E-state index contributed by atoms with van der Waals surface area (Å²) in [5, 5.41) is 0. The Balaban J connectivity index is 4.14. The molecule has 0 aromatic carbocycles. The zero-order chi connectivity index (χ0) is 51.3. The number of carbonyl (C=O) groups excluding carboxylic acids is 2. The summed E-state index contributed by atoms with van der Waals surface area (Å²) in [6.45, 7) is 4.16. The van der Waals surface area contributed by atoms with Gasteiger partial charge in [0.2, 0.25) is 0 Å². The maximum atomic E-state index is 12.8. The number of likely N-dealkylation sites (N-methyl/N-ethyl adjacent to an activating group) is 1. The lowest BCUT2D eigenvalue weighted by atomic mass is 10.0. The minimum Gasteiger partial charge on any atom is -0.756 e. The first-order valence-corrected chi connectivity index (χ1v) is 30.8. The molecule has 10 heteroatoms. The number of unbranched alkanes of at least 4 members (excludes halogenated alkanes) is 32. The van der Waals surface area contributed by atoms with E-state index in [1.54, 1.807) is 0 Å². The van der Waals surface area contributed by atoms with Gasteiger partial charge in [-0.2, -0.15) is 0 Å². The van der Waals surface area contributed by atoms with E-state index in [2.05, 4.69) is 62.5 Å². The van der Waals surface area contributed by atoms with E-state index in [9.17, 15) is 19.0 Å². The van der Waals surface area contributed by atoms with Gasteiger partial charge >= 0.3 is 11.9 Å². The monoisotopic (exact) mass is 1010 g/mol. The maximum Gasteiger partial charge on any atom is 0.306 e. The molecule has 0 bridgehead atoms. The Bertz CT molecular complexity index is 1320. The van der Waals surface area contributed by atoms with Gasteiger partial charge in [0.1, 0.15) is 19.8 Å². The van der Waals surface area contributed by atoms with E-state index in [4.69, 9.17) is 18.5 Å². The number of esters is 2. The van der Waals surface area contributed by atoms with Gasteiger partial charge < -0.3 is 27.9 Å². The molecule has 0 N–H and O–H groups in total. The van der Waals surface area contributed by atoms with Crippen LogP contribution in [0.3, 0.4) is 0 Å². The minimum absolute atomic E-state index is 0.0312. The highest BCUT2D eigenvalue weighted by atomic mass is 31.2. The first-order valence-electron chi connectivity index (χ1n) is 29.3. The fraction of sp³-hybridized carbons (Fsp3) is 0.833. The lowest BCUT2D eigenvalue weighted by Gasteiger charge is -2.28. The van der Waals surface area contributed by atoms with Crippen LogP contribution < -0.4 is 4.89 Å². The van der Waals surface area contributed by atoms with Crippen molar-refractivity contribution >= 4 is 19.8 Å². The van der Waals surface area contributed by atoms with E-state index in [-0.39, 0.29) is 32.0 Å². The van der Waals surface area contributed by atoms with Gasteiger partial charge in [-0.15, -0.1) is 0 Å². The van der Waals surface area contributed by atoms with Crippen LogP contribution in [-0.2, 0) is 32.7 Å². The van der Waals surface area contributed by atoms with Crippen LogP contribution in [-0.4, -0.2) is 70.0 Å². The lowest BCUT2D eigenvalue weighted by molar-refractivity contribution is -0.870. The molecule has 0 radical (unpaired) electrons. The molecule has 0 aliphatic rings.